The van der Waals surface area contributed by atoms with E-state index in [2.05, 4.69) is 0 Å². The molecule has 2 aromatic carbocycles. The quantitative estimate of drug-likeness (QED) is 0.920. The molecule has 0 fully saturated rings. The number of hydrogen-bond acceptors (Lipinski definition) is 3. The van der Waals surface area contributed by atoms with Gasteiger partial charge in [-0.3, -0.25) is 0 Å². The highest BCUT2D eigenvalue weighted by Crippen LogP contribution is 2.24. The van der Waals surface area contributed by atoms with Crippen molar-refractivity contribution in [3.05, 3.63) is 64.7 Å². The molecular weight excluding hydrogens is 274 g/mol. The summed E-state index contributed by atoms with van der Waals surface area (Å²) in [5.41, 5.74) is 6.81. The minimum absolute atomic E-state index is 0.0229. The first-order chi connectivity index (χ1) is 10.1. The second-order valence-electron chi connectivity index (χ2n) is 4.52. The Morgan fingerprint density at radius 3 is 2.71 bits per heavy atom. The Hall–Kier alpha value is -2.45. The summed E-state index contributed by atoms with van der Waals surface area (Å²) < 4.78 is 32.6. The van der Waals surface area contributed by atoms with Crippen LogP contribution in [0.4, 0.5) is 8.78 Å². The van der Waals surface area contributed by atoms with Gasteiger partial charge in [0.2, 0.25) is 0 Å². The monoisotopic (exact) mass is 288 g/mol. The molecule has 0 saturated heterocycles. The van der Waals surface area contributed by atoms with Gasteiger partial charge in [-0.15, -0.1) is 0 Å². The zero-order chi connectivity index (χ0) is 15.2. The van der Waals surface area contributed by atoms with E-state index in [1.165, 1.54) is 18.2 Å². The van der Waals surface area contributed by atoms with E-state index in [9.17, 15) is 8.78 Å². The zero-order valence-electron chi connectivity index (χ0n) is 11.3. The lowest BCUT2D eigenvalue weighted by molar-refractivity contribution is 0.286. The summed E-state index contributed by atoms with van der Waals surface area (Å²) in [5, 5.41) is 8.80. The van der Waals surface area contributed by atoms with Crippen LogP contribution in [0.5, 0.6) is 5.75 Å². The van der Waals surface area contributed by atoms with Gasteiger partial charge < -0.3 is 10.5 Å². The largest absolute Gasteiger partial charge is 0.486 e. The summed E-state index contributed by atoms with van der Waals surface area (Å²) in [6.07, 6.45) is 0.486. The molecule has 0 radical (unpaired) electrons. The fraction of sp³-hybridized carbons (Fsp3) is 0.188. The summed E-state index contributed by atoms with van der Waals surface area (Å²) in [7, 11) is 0. The molecule has 3 nitrogen and oxygen atoms in total. The minimum atomic E-state index is -0.525. The van der Waals surface area contributed by atoms with Gasteiger partial charge in [-0.1, -0.05) is 12.1 Å². The molecule has 0 aliphatic heterocycles. The molecule has 0 aliphatic carbocycles. The Morgan fingerprint density at radius 1 is 1.19 bits per heavy atom. The van der Waals surface area contributed by atoms with Crippen LogP contribution >= 0.6 is 0 Å². The number of nitrogens with two attached hydrogens (primary N) is 1. The normalized spacial score (nSPS) is 10.2. The van der Waals surface area contributed by atoms with Crippen molar-refractivity contribution < 1.29 is 13.5 Å². The van der Waals surface area contributed by atoms with Crippen LogP contribution in [0.1, 0.15) is 16.7 Å². The predicted molar refractivity (Wildman–Crippen MR) is 74.6 cm³/mol. The van der Waals surface area contributed by atoms with E-state index in [0.29, 0.717) is 24.1 Å². The molecule has 2 N–H and O–H groups in total. The van der Waals surface area contributed by atoms with Crippen molar-refractivity contribution in [1.82, 2.24) is 0 Å². The molecule has 21 heavy (non-hydrogen) atoms. The Balaban J connectivity index is 2.20. The van der Waals surface area contributed by atoms with E-state index >= 15 is 0 Å². The van der Waals surface area contributed by atoms with E-state index in [0.717, 1.165) is 6.07 Å². The molecule has 0 aromatic heterocycles. The maximum Gasteiger partial charge on any atom is 0.165 e. The second kappa shape index (κ2) is 6.82. The molecule has 0 bridgehead atoms. The molecule has 2 rings (SSSR count). The van der Waals surface area contributed by atoms with Gasteiger partial charge in [-0.05, 0) is 48.4 Å². The van der Waals surface area contributed by atoms with Crippen molar-refractivity contribution >= 4 is 0 Å². The number of para-hydroxylation sites is 1. The summed E-state index contributed by atoms with van der Waals surface area (Å²) >= 11 is 0. The lowest BCUT2D eigenvalue weighted by atomic mass is 10.1. The van der Waals surface area contributed by atoms with Gasteiger partial charge in [0.15, 0.2) is 11.6 Å². The average molecular weight is 288 g/mol. The van der Waals surface area contributed by atoms with Crippen LogP contribution in [0.2, 0.25) is 0 Å². The summed E-state index contributed by atoms with van der Waals surface area (Å²) in [5.74, 6) is -0.896. The highest BCUT2D eigenvalue weighted by atomic mass is 19.1. The van der Waals surface area contributed by atoms with Gasteiger partial charge in [0, 0.05) is 0 Å². The second-order valence-corrected chi connectivity index (χ2v) is 4.52. The van der Waals surface area contributed by atoms with Crippen LogP contribution in [0.15, 0.2) is 36.4 Å². The molecular formula is C16H14F2N2O. The van der Waals surface area contributed by atoms with Crippen LogP contribution in [-0.2, 0) is 13.0 Å². The molecule has 0 amide bonds. The molecule has 0 saturated carbocycles. The first kappa shape index (κ1) is 14.9. The van der Waals surface area contributed by atoms with Gasteiger partial charge >= 0.3 is 0 Å². The lowest BCUT2D eigenvalue weighted by Crippen LogP contribution is -2.07. The number of hydrogen-bond donors (Lipinski definition) is 1. The lowest BCUT2D eigenvalue weighted by Gasteiger charge is -2.12. The third-order valence-electron chi connectivity index (χ3n) is 2.93. The van der Waals surface area contributed by atoms with Crippen LogP contribution < -0.4 is 10.5 Å². The Morgan fingerprint density at radius 2 is 2.00 bits per heavy atom. The van der Waals surface area contributed by atoms with Crippen molar-refractivity contribution in [2.75, 3.05) is 6.54 Å². The van der Waals surface area contributed by atoms with E-state index in [4.69, 9.17) is 15.7 Å². The molecule has 2 aromatic rings. The fourth-order valence-electron chi connectivity index (χ4n) is 2.02. The van der Waals surface area contributed by atoms with Gasteiger partial charge in [0.25, 0.3) is 0 Å². The van der Waals surface area contributed by atoms with E-state index in [1.807, 2.05) is 6.07 Å². The number of halogens is 2. The van der Waals surface area contributed by atoms with Crippen molar-refractivity contribution in [2.45, 2.75) is 13.0 Å². The molecule has 0 atom stereocenters. The summed E-state index contributed by atoms with van der Waals surface area (Å²) in [6, 6.07) is 10.4. The maximum atomic E-state index is 13.8. The van der Waals surface area contributed by atoms with Crippen molar-refractivity contribution in [3.8, 4) is 11.8 Å². The molecule has 0 unspecified atom stereocenters. The van der Waals surface area contributed by atoms with Crippen LogP contribution in [0.3, 0.4) is 0 Å². The fourth-order valence-corrected chi connectivity index (χ4v) is 2.02. The third kappa shape index (κ3) is 3.77. The summed E-state index contributed by atoms with van der Waals surface area (Å²) in [6.45, 7) is 0.350. The summed E-state index contributed by atoms with van der Waals surface area (Å²) in [4.78, 5) is 0. The number of rotatable bonds is 5. The molecule has 108 valence electrons. The SMILES string of the molecule is N#Cc1cc(F)cc(COc2c(F)cccc2CCN)c1. The van der Waals surface area contributed by atoms with Gasteiger partial charge in [0.1, 0.15) is 12.4 Å². The zero-order valence-corrected chi connectivity index (χ0v) is 11.3. The van der Waals surface area contributed by atoms with E-state index in [-0.39, 0.29) is 17.9 Å². The number of ether oxygens (including phenoxy) is 1. The van der Waals surface area contributed by atoms with Crippen molar-refractivity contribution in [3.63, 3.8) is 0 Å². The number of nitriles is 1. The van der Waals surface area contributed by atoms with Crippen LogP contribution in [0.25, 0.3) is 0 Å². The van der Waals surface area contributed by atoms with Crippen LogP contribution in [0, 0.1) is 23.0 Å². The molecule has 0 aliphatic rings. The topological polar surface area (TPSA) is 59.0 Å². The maximum absolute atomic E-state index is 13.8. The minimum Gasteiger partial charge on any atom is -0.486 e. The van der Waals surface area contributed by atoms with Crippen molar-refractivity contribution in [2.24, 2.45) is 5.73 Å². The first-order valence-electron chi connectivity index (χ1n) is 6.44. The molecule has 0 spiro atoms. The highest BCUT2D eigenvalue weighted by Gasteiger charge is 2.10. The van der Waals surface area contributed by atoms with Gasteiger partial charge in [0.05, 0.1) is 11.6 Å². The van der Waals surface area contributed by atoms with E-state index in [1.54, 1.807) is 12.1 Å². The number of nitrogens with zero attached hydrogens (tertiary/aromatic N) is 1. The Labute approximate surface area is 121 Å². The molecule has 5 heteroatoms. The number of benzene rings is 2. The average Bonchev–Trinajstić information content (AvgIpc) is 2.46. The van der Waals surface area contributed by atoms with Gasteiger partial charge in [-0.2, -0.15) is 5.26 Å². The Kier molecular flexibility index (Phi) is 4.85. The van der Waals surface area contributed by atoms with Crippen molar-refractivity contribution in [1.29, 1.82) is 5.26 Å². The third-order valence-corrected chi connectivity index (χ3v) is 2.93. The predicted octanol–water partition coefficient (Wildman–Crippen LogP) is 2.92. The van der Waals surface area contributed by atoms with Gasteiger partial charge in [-0.25, -0.2) is 8.78 Å². The van der Waals surface area contributed by atoms with Crippen LogP contribution in [-0.4, -0.2) is 6.54 Å². The smallest absolute Gasteiger partial charge is 0.165 e. The first-order valence-corrected chi connectivity index (χ1v) is 6.44. The standard InChI is InChI=1S/C16H14F2N2O/c17-14-7-11(9-20)6-12(8-14)10-21-16-13(4-5-19)2-1-3-15(16)18/h1-3,6-8H,4-5,10,19H2. The van der Waals surface area contributed by atoms with E-state index < -0.39 is 11.6 Å². The Bertz CT molecular complexity index is 680. The highest BCUT2D eigenvalue weighted by molar-refractivity contribution is 5.37. The molecule has 0 heterocycles.